The lowest BCUT2D eigenvalue weighted by atomic mass is 9.91. The Morgan fingerprint density at radius 2 is 1.72 bits per heavy atom. The Balaban J connectivity index is 1.87. The molecule has 0 aliphatic carbocycles. The van der Waals surface area contributed by atoms with Crippen LogP contribution in [-0.2, 0) is 25.7 Å². The van der Waals surface area contributed by atoms with Gasteiger partial charge < -0.3 is 20.3 Å². The number of nitrogens with one attached hydrogen (secondary N) is 2. The highest BCUT2D eigenvalue weighted by Gasteiger charge is 2.43. The van der Waals surface area contributed by atoms with Crippen LogP contribution in [0.3, 0.4) is 0 Å². The minimum atomic E-state index is -1.27. The molecule has 36 heavy (non-hydrogen) atoms. The molecular formula is C28H33N3O5. The summed E-state index contributed by atoms with van der Waals surface area (Å²) in [4.78, 5) is 53.7. The highest BCUT2D eigenvalue weighted by atomic mass is 16.5. The predicted molar refractivity (Wildman–Crippen MR) is 136 cm³/mol. The molecule has 1 aliphatic rings. The third-order valence-corrected chi connectivity index (χ3v) is 6.22. The van der Waals surface area contributed by atoms with Crippen LogP contribution in [0.4, 0.5) is 0 Å². The summed E-state index contributed by atoms with van der Waals surface area (Å²) in [7, 11) is 0. The van der Waals surface area contributed by atoms with Gasteiger partial charge in [-0.2, -0.15) is 0 Å². The van der Waals surface area contributed by atoms with E-state index in [0.29, 0.717) is 24.8 Å². The Kier molecular flexibility index (Phi) is 9.39. The second-order valence-corrected chi connectivity index (χ2v) is 8.81. The third kappa shape index (κ3) is 6.81. The molecule has 1 heterocycles. The smallest absolute Gasteiger partial charge is 0.328 e. The van der Waals surface area contributed by atoms with Crippen LogP contribution < -0.4 is 10.6 Å². The monoisotopic (exact) mass is 491 g/mol. The summed E-state index contributed by atoms with van der Waals surface area (Å²) in [6.45, 7) is 3.49. The van der Waals surface area contributed by atoms with E-state index in [1.165, 1.54) is 4.90 Å². The van der Waals surface area contributed by atoms with Crippen molar-refractivity contribution in [2.75, 3.05) is 13.2 Å². The van der Waals surface area contributed by atoms with Crippen LogP contribution in [0, 0.1) is 0 Å². The first-order valence-electron chi connectivity index (χ1n) is 12.2. The van der Waals surface area contributed by atoms with E-state index in [1.807, 2.05) is 42.5 Å². The molecular weight excluding hydrogens is 458 g/mol. The lowest BCUT2D eigenvalue weighted by Gasteiger charge is -2.40. The summed E-state index contributed by atoms with van der Waals surface area (Å²) in [6, 6.07) is 17.1. The molecule has 0 fully saturated rings. The lowest BCUT2D eigenvalue weighted by molar-refractivity contribution is -0.152. The molecule has 0 saturated heterocycles. The van der Waals surface area contributed by atoms with Gasteiger partial charge in [-0.25, -0.2) is 4.79 Å². The second-order valence-electron chi connectivity index (χ2n) is 8.81. The molecule has 2 atom stereocenters. The maximum Gasteiger partial charge on any atom is 0.328 e. The number of nitrogens with zero attached hydrogens (tertiary/aromatic N) is 1. The Hall–Kier alpha value is -3.94. The summed E-state index contributed by atoms with van der Waals surface area (Å²) in [6.07, 6.45) is 4.94. The van der Waals surface area contributed by atoms with Gasteiger partial charge in [0.1, 0.15) is 11.6 Å². The molecule has 3 amide bonds. The first-order chi connectivity index (χ1) is 17.3. The van der Waals surface area contributed by atoms with E-state index in [4.69, 9.17) is 4.74 Å². The first-order valence-corrected chi connectivity index (χ1v) is 12.2. The number of hydrogen-bond donors (Lipinski definition) is 2. The van der Waals surface area contributed by atoms with E-state index in [1.54, 1.807) is 44.2 Å². The fourth-order valence-corrected chi connectivity index (χ4v) is 4.10. The molecule has 8 nitrogen and oxygen atoms in total. The third-order valence-electron chi connectivity index (χ3n) is 6.22. The zero-order valence-electron chi connectivity index (χ0n) is 20.7. The van der Waals surface area contributed by atoms with Gasteiger partial charge in [0.05, 0.1) is 13.2 Å². The normalized spacial score (nSPS) is 20.6. The van der Waals surface area contributed by atoms with Gasteiger partial charge >= 0.3 is 5.97 Å². The Morgan fingerprint density at radius 1 is 1.06 bits per heavy atom. The van der Waals surface area contributed by atoms with Gasteiger partial charge in [0.2, 0.25) is 11.8 Å². The highest BCUT2D eigenvalue weighted by Crippen LogP contribution is 2.26. The number of amides is 3. The molecule has 2 unspecified atom stereocenters. The summed E-state index contributed by atoms with van der Waals surface area (Å²) in [5, 5.41) is 5.47. The Morgan fingerprint density at radius 3 is 2.39 bits per heavy atom. The molecule has 8 heteroatoms. The zero-order valence-corrected chi connectivity index (χ0v) is 20.7. The molecule has 0 saturated carbocycles. The molecule has 2 aromatic carbocycles. The van der Waals surface area contributed by atoms with Crippen LogP contribution in [0.2, 0.25) is 0 Å². The minimum Gasteiger partial charge on any atom is -0.464 e. The quantitative estimate of drug-likeness (QED) is 0.436. The molecule has 0 bridgehead atoms. The summed E-state index contributed by atoms with van der Waals surface area (Å²) in [5.74, 6) is -1.74. The van der Waals surface area contributed by atoms with Gasteiger partial charge in [-0.05, 0) is 50.8 Å². The molecule has 3 rings (SSSR count). The van der Waals surface area contributed by atoms with Crippen molar-refractivity contribution in [3.8, 4) is 0 Å². The van der Waals surface area contributed by atoms with E-state index < -0.39 is 29.4 Å². The number of ether oxygens (including phenoxy) is 1. The molecule has 0 aromatic heterocycles. The van der Waals surface area contributed by atoms with Crippen LogP contribution in [0.15, 0.2) is 72.8 Å². The molecule has 2 N–H and O–H groups in total. The summed E-state index contributed by atoms with van der Waals surface area (Å²) < 4.78 is 5.13. The number of esters is 1. The van der Waals surface area contributed by atoms with Gasteiger partial charge in [0, 0.05) is 12.1 Å². The van der Waals surface area contributed by atoms with Crippen LogP contribution >= 0.6 is 0 Å². The van der Waals surface area contributed by atoms with Gasteiger partial charge in [-0.1, -0.05) is 60.7 Å². The van der Waals surface area contributed by atoms with Crippen molar-refractivity contribution >= 4 is 23.7 Å². The Labute approximate surface area is 211 Å². The predicted octanol–water partition coefficient (Wildman–Crippen LogP) is 2.99. The van der Waals surface area contributed by atoms with Crippen molar-refractivity contribution < 1.29 is 23.9 Å². The van der Waals surface area contributed by atoms with E-state index in [0.717, 1.165) is 5.56 Å². The van der Waals surface area contributed by atoms with E-state index in [9.17, 15) is 19.2 Å². The maximum absolute atomic E-state index is 13.6. The summed E-state index contributed by atoms with van der Waals surface area (Å²) in [5.41, 5.74) is 0.00411. The van der Waals surface area contributed by atoms with Crippen LogP contribution in [0.5, 0.6) is 0 Å². The lowest BCUT2D eigenvalue weighted by Crippen LogP contribution is -2.62. The van der Waals surface area contributed by atoms with Crippen molar-refractivity contribution in [1.29, 1.82) is 0 Å². The van der Waals surface area contributed by atoms with Gasteiger partial charge in [0.25, 0.3) is 5.91 Å². The van der Waals surface area contributed by atoms with Crippen LogP contribution in [0.25, 0.3) is 0 Å². The molecule has 0 spiro atoms. The number of carbonyl (C=O) groups excluding carboxylic acids is 4. The molecule has 190 valence electrons. The standard InChI is InChI=1S/C28H33N3O5/c1-3-36-26(34)23-17-11-6-12-18-28(2,27(35)30-23)31(20-21-13-7-4-8-14-21)24(32)19-29-25(33)22-15-9-5-10-16-22/h4-11,13-16,23H,3,12,17-20H2,1-2H3,(H,29,33)(H,30,35)/b11-6-. The number of rotatable bonds is 8. The topological polar surface area (TPSA) is 105 Å². The van der Waals surface area contributed by atoms with Gasteiger partial charge in [0.15, 0.2) is 0 Å². The average molecular weight is 492 g/mol. The van der Waals surface area contributed by atoms with Crippen molar-refractivity contribution in [3.05, 3.63) is 83.9 Å². The SMILES string of the molecule is CCOC(=O)C1C/C=C\CCC(C)(N(Cc2ccccc2)C(=O)CNC(=O)c2ccccc2)C(=O)N1. The van der Waals surface area contributed by atoms with E-state index in [2.05, 4.69) is 10.6 Å². The van der Waals surface area contributed by atoms with Crippen molar-refractivity contribution in [1.82, 2.24) is 15.5 Å². The van der Waals surface area contributed by atoms with Gasteiger partial charge in [-0.15, -0.1) is 0 Å². The van der Waals surface area contributed by atoms with Crippen molar-refractivity contribution in [2.45, 2.75) is 51.2 Å². The number of allylic oxidation sites excluding steroid dienone is 1. The molecule has 2 aromatic rings. The minimum absolute atomic E-state index is 0.165. The van der Waals surface area contributed by atoms with Crippen molar-refractivity contribution in [2.24, 2.45) is 0 Å². The first kappa shape index (κ1) is 26.7. The zero-order chi connectivity index (χ0) is 26.0. The fraction of sp³-hybridized carbons (Fsp3) is 0.357. The van der Waals surface area contributed by atoms with Gasteiger partial charge in [-0.3, -0.25) is 14.4 Å². The highest BCUT2D eigenvalue weighted by molar-refractivity contribution is 5.98. The fourth-order valence-electron chi connectivity index (χ4n) is 4.10. The second kappa shape index (κ2) is 12.7. The number of hydrogen-bond acceptors (Lipinski definition) is 5. The molecule has 1 aliphatic heterocycles. The average Bonchev–Trinajstić information content (AvgIpc) is 2.96. The Bertz CT molecular complexity index is 1090. The van der Waals surface area contributed by atoms with Crippen LogP contribution in [-0.4, -0.2) is 53.3 Å². The van der Waals surface area contributed by atoms with E-state index >= 15 is 0 Å². The maximum atomic E-state index is 13.6. The largest absolute Gasteiger partial charge is 0.464 e. The number of carbonyl (C=O) groups is 4. The van der Waals surface area contributed by atoms with Crippen LogP contribution in [0.1, 0.15) is 49.0 Å². The van der Waals surface area contributed by atoms with Crippen molar-refractivity contribution in [3.63, 3.8) is 0 Å². The summed E-state index contributed by atoms with van der Waals surface area (Å²) >= 11 is 0. The number of benzene rings is 2. The molecule has 0 radical (unpaired) electrons. The van der Waals surface area contributed by atoms with E-state index in [-0.39, 0.29) is 25.6 Å².